The summed E-state index contributed by atoms with van der Waals surface area (Å²) in [6.45, 7) is -0.492. The van der Waals surface area contributed by atoms with Crippen LogP contribution in [0.5, 0.6) is 0 Å². The van der Waals surface area contributed by atoms with E-state index in [9.17, 15) is 13.6 Å². The maximum atomic E-state index is 12.7. The Hall–Kier alpha value is -1.69. The van der Waals surface area contributed by atoms with E-state index < -0.39 is 17.7 Å². The lowest BCUT2D eigenvalue weighted by Gasteiger charge is -2.05. The van der Waals surface area contributed by atoms with Crippen LogP contribution in [0.1, 0.15) is 0 Å². The zero-order valence-electron chi connectivity index (χ0n) is 7.67. The number of benzene rings is 1. The predicted molar refractivity (Wildman–Crippen MR) is 48.4 cm³/mol. The van der Waals surface area contributed by atoms with Crippen molar-refractivity contribution in [2.24, 2.45) is 0 Å². The Bertz CT molecular complexity index is 337. The molecule has 1 aromatic carbocycles. The number of anilines is 1. The van der Waals surface area contributed by atoms with Gasteiger partial charge < -0.3 is 9.84 Å². The number of carbonyl (C=O) groups is 1. The molecule has 0 aliphatic carbocycles. The van der Waals surface area contributed by atoms with Crippen molar-refractivity contribution < 1.29 is 23.4 Å². The number of rotatable bonds is 3. The third-order valence-corrected chi connectivity index (χ3v) is 1.43. The molecule has 0 radical (unpaired) electrons. The smallest absolute Gasteiger partial charge is 0.411 e. The lowest BCUT2D eigenvalue weighted by atomic mass is 10.3. The maximum absolute atomic E-state index is 12.7. The van der Waals surface area contributed by atoms with Gasteiger partial charge in [-0.15, -0.1) is 0 Å². The first-order valence-electron chi connectivity index (χ1n) is 4.12. The Labute approximate surface area is 84.5 Å². The van der Waals surface area contributed by atoms with Crippen molar-refractivity contribution in [3.63, 3.8) is 0 Å². The molecule has 0 spiro atoms. The average molecular weight is 217 g/mol. The second-order valence-corrected chi connectivity index (χ2v) is 2.64. The largest absolute Gasteiger partial charge is 0.447 e. The van der Waals surface area contributed by atoms with E-state index in [-0.39, 0.29) is 18.9 Å². The molecular weight excluding hydrogens is 208 g/mol. The summed E-state index contributed by atoms with van der Waals surface area (Å²) in [5, 5.41) is 10.5. The van der Waals surface area contributed by atoms with Crippen molar-refractivity contribution in [2.75, 3.05) is 18.5 Å². The molecule has 1 rings (SSSR count). The van der Waals surface area contributed by atoms with E-state index in [1.165, 1.54) is 0 Å². The summed E-state index contributed by atoms with van der Waals surface area (Å²) in [5.41, 5.74) is -0.0459. The van der Waals surface area contributed by atoms with Gasteiger partial charge in [0.25, 0.3) is 0 Å². The fraction of sp³-hybridized carbons (Fsp3) is 0.222. The number of ether oxygens (including phenoxy) is 1. The van der Waals surface area contributed by atoms with Crippen LogP contribution in [-0.4, -0.2) is 24.4 Å². The van der Waals surface area contributed by atoms with Crippen LogP contribution in [-0.2, 0) is 4.74 Å². The molecule has 0 atom stereocenters. The molecule has 0 heterocycles. The number of aliphatic hydroxyl groups is 1. The van der Waals surface area contributed by atoms with Crippen molar-refractivity contribution in [2.45, 2.75) is 0 Å². The number of nitrogens with one attached hydrogen (secondary N) is 1. The SMILES string of the molecule is O=C(Nc1cc(F)cc(F)c1)OCCO. The fourth-order valence-corrected chi connectivity index (χ4v) is 0.918. The molecule has 0 saturated heterocycles. The fourth-order valence-electron chi connectivity index (χ4n) is 0.918. The first-order chi connectivity index (χ1) is 7.11. The highest BCUT2D eigenvalue weighted by Gasteiger charge is 2.05. The number of halogens is 2. The predicted octanol–water partition coefficient (Wildman–Crippen LogP) is 1.51. The zero-order chi connectivity index (χ0) is 11.3. The van der Waals surface area contributed by atoms with Crippen molar-refractivity contribution in [3.05, 3.63) is 29.8 Å². The third-order valence-electron chi connectivity index (χ3n) is 1.43. The van der Waals surface area contributed by atoms with Crippen LogP contribution in [0, 0.1) is 11.6 Å². The zero-order valence-corrected chi connectivity index (χ0v) is 7.67. The van der Waals surface area contributed by atoms with Gasteiger partial charge in [0.05, 0.1) is 6.61 Å². The van der Waals surface area contributed by atoms with E-state index >= 15 is 0 Å². The lowest BCUT2D eigenvalue weighted by molar-refractivity contribution is 0.131. The van der Waals surface area contributed by atoms with Gasteiger partial charge in [-0.1, -0.05) is 0 Å². The molecule has 0 aliphatic heterocycles. The summed E-state index contributed by atoms with van der Waals surface area (Å²) in [5.74, 6) is -1.60. The summed E-state index contributed by atoms with van der Waals surface area (Å²) in [7, 11) is 0. The molecular formula is C9H9F2NO3. The Balaban J connectivity index is 2.60. The molecule has 0 fully saturated rings. The van der Waals surface area contributed by atoms with Crippen LogP contribution in [0.15, 0.2) is 18.2 Å². The number of hydrogen-bond acceptors (Lipinski definition) is 3. The van der Waals surface area contributed by atoms with Crippen molar-refractivity contribution in [1.29, 1.82) is 0 Å². The third kappa shape index (κ3) is 3.90. The molecule has 0 aromatic heterocycles. The van der Waals surface area contributed by atoms with Gasteiger partial charge in [-0.2, -0.15) is 0 Å². The van der Waals surface area contributed by atoms with E-state index in [4.69, 9.17) is 5.11 Å². The Kier molecular flexibility index (Phi) is 3.99. The molecule has 4 nitrogen and oxygen atoms in total. The van der Waals surface area contributed by atoms with Gasteiger partial charge in [0.15, 0.2) is 0 Å². The van der Waals surface area contributed by atoms with Gasteiger partial charge in [-0.3, -0.25) is 5.32 Å². The van der Waals surface area contributed by atoms with Gasteiger partial charge in [0.1, 0.15) is 18.2 Å². The summed E-state index contributed by atoms with van der Waals surface area (Å²) >= 11 is 0. The van der Waals surface area contributed by atoms with E-state index in [2.05, 4.69) is 10.1 Å². The van der Waals surface area contributed by atoms with Gasteiger partial charge in [-0.25, -0.2) is 13.6 Å². The van der Waals surface area contributed by atoms with Crippen LogP contribution in [0.3, 0.4) is 0 Å². The summed E-state index contributed by atoms with van der Waals surface area (Å²) in [4.78, 5) is 10.9. The minimum Gasteiger partial charge on any atom is -0.447 e. The Morgan fingerprint density at radius 1 is 1.33 bits per heavy atom. The van der Waals surface area contributed by atoms with E-state index in [1.807, 2.05) is 0 Å². The topological polar surface area (TPSA) is 58.6 Å². The highest BCUT2D eigenvalue weighted by atomic mass is 19.1. The first-order valence-corrected chi connectivity index (χ1v) is 4.12. The molecule has 0 unspecified atom stereocenters. The Morgan fingerprint density at radius 2 is 1.93 bits per heavy atom. The molecule has 0 saturated carbocycles. The number of amides is 1. The second kappa shape index (κ2) is 5.26. The standard InChI is InChI=1S/C9H9F2NO3/c10-6-3-7(11)5-8(4-6)12-9(14)15-2-1-13/h3-5,13H,1-2H2,(H,12,14). The van der Waals surface area contributed by atoms with Crippen LogP contribution >= 0.6 is 0 Å². The number of aliphatic hydroxyl groups excluding tert-OH is 1. The van der Waals surface area contributed by atoms with Crippen molar-refractivity contribution >= 4 is 11.8 Å². The summed E-state index contributed by atoms with van der Waals surface area (Å²) < 4.78 is 29.7. The monoisotopic (exact) mass is 217 g/mol. The number of carbonyl (C=O) groups excluding carboxylic acids is 1. The minimum absolute atomic E-state index is 0.0459. The molecule has 1 amide bonds. The van der Waals surface area contributed by atoms with Crippen LogP contribution < -0.4 is 5.32 Å². The van der Waals surface area contributed by atoms with E-state index in [1.54, 1.807) is 0 Å². The quantitative estimate of drug-likeness (QED) is 0.806. The lowest BCUT2D eigenvalue weighted by Crippen LogP contribution is -2.15. The summed E-state index contributed by atoms with van der Waals surface area (Å²) in [6, 6.07) is 2.58. The van der Waals surface area contributed by atoms with E-state index in [0.717, 1.165) is 12.1 Å². The van der Waals surface area contributed by atoms with Gasteiger partial charge in [-0.05, 0) is 12.1 Å². The molecule has 0 aliphatic rings. The second-order valence-electron chi connectivity index (χ2n) is 2.64. The summed E-state index contributed by atoms with van der Waals surface area (Å²) in [6.07, 6.45) is -0.881. The number of hydrogen-bond donors (Lipinski definition) is 2. The first kappa shape index (κ1) is 11.4. The minimum atomic E-state index is -0.881. The highest BCUT2D eigenvalue weighted by Crippen LogP contribution is 2.12. The average Bonchev–Trinajstić information content (AvgIpc) is 2.13. The van der Waals surface area contributed by atoms with Gasteiger partial charge in [0, 0.05) is 11.8 Å². The van der Waals surface area contributed by atoms with Gasteiger partial charge in [0.2, 0.25) is 0 Å². The van der Waals surface area contributed by atoms with Crippen LogP contribution in [0.4, 0.5) is 19.3 Å². The molecule has 0 bridgehead atoms. The normalized spacial score (nSPS) is 9.80. The van der Waals surface area contributed by atoms with Crippen LogP contribution in [0.2, 0.25) is 0 Å². The van der Waals surface area contributed by atoms with Gasteiger partial charge >= 0.3 is 6.09 Å². The molecule has 82 valence electrons. The molecule has 2 N–H and O–H groups in total. The van der Waals surface area contributed by atoms with E-state index in [0.29, 0.717) is 6.07 Å². The highest BCUT2D eigenvalue weighted by molar-refractivity contribution is 5.84. The molecule has 15 heavy (non-hydrogen) atoms. The Morgan fingerprint density at radius 3 is 2.47 bits per heavy atom. The van der Waals surface area contributed by atoms with Crippen molar-refractivity contribution in [1.82, 2.24) is 0 Å². The molecule has 6 heteroatoms. The molecule has 1 aromatic rings. The van der Waals surface area contributed by atoms with Crippen LogP contribution in [0.25, 0.3) is 0 Å². The van der Waals surface area contributed by atoms with Crippen molar-refractivity contribution in [3.8, 4) is 0 Å². The maximum Gasteiger partial charge on any atom is 0.411 e.